The van der Waals surface area contributed by atoms with Gasteiger partial charge in [-0.2, -0.15) is 20.1 Å². The molecule has 1 aliphatic carbocycles. The monoisotopic (exact) mass is 287 g/mol. The second-order valence-corrected chi connectivity index (χ2v) is 5.78. The van der Waals surface area contributed by atoms with Gasteiger partial charge in [0.05, 0.1) is 0 Å². The number of hydrogen-bond donors (Lipinski definition) is 2. The zero-order valence-corrected chi connectivity index (χ0v) is 12.5. The first kappa shape index (κ1) is 13.8. The molecule has 1 aliphatic rings. The van der Waals surface area contributed by atoms with Crippen molar-refractivity contribution >= 4 is 11.9 Å². The van der Waals surface area contributed by atoms with Gasteiger partial charge in [-0.25, -0.2) is 4.68 Å². The van der Waals surface area contributed by atoms with E-state index >= 15 is 0 Å². The molecule has 112 valence electrons. The fraction of sp³-hybridized carbons (Fsp3) is 0.571. The van der Waals surface area contributed by atoms with E-state index in [1.807, 2.05) is 19.2 Å². The zero-order valence-electron chi connectivity index (χ0n) is 12.5. The molecule has 0 bridgehead atoms. The van der Waals surface area contributed by atoms with E-state index in [0.717, 1.165) is 13.1 Å². The molecule has 3 rings (SSSR count). The summed E-state index contributed by atoms with van der Waals surface area (Å²) in [6, 6.07) is 1.85. The molecule has 0 aromatic carbocycles. The van der Waals surface area contributed by atoms with E-state index in [2.05, 4.69) is 37.6 Å². The minimum Gasteiger partial charge on any atom is -0.354 e. The summed E-state index contributed by atoms with van der Waals surface area (Å²) in [7, 11) is 0. The van der Waals surface area contributed by atoms with Gasteiger partial charge in [-0.05, 0) is 31.2 Å². The third-order valence-corrected chi connectivity index (χ3v) is 3.90. The SMILES string of the molecule is CCNc1nc(NCC2(C)CCC2)nc(-n2cccn2)n1. The Bertz CT molecular complexity index is 589. The summed E-state index contributed by atoms with van der Waals surface area (Å²) >= 11 is 0. The number of rotatable bonds is 6. The first-order valence-corrected chi connectivity index (χ1v) is 7.42. The Morgan fingerprint density at radius 1 is 1.19 bits per heavy atom. The standard InChI is InChI=1S/C14H21N7/c1-3-15-11-18-12(16-10-14(2)6-4-7-14)20-13(19-11)21-9-5-8-17-21/h5,8-9H,3-4,6-7,10H2,1-2H3,(H2,15,16,18,19,20). The van der Waals surface area contributed by atoms with Gasteiger partial charge in [0.2, 0.25) is 11.9 Å². The van der Waals surface area contributed by atoms with Gasteiger partial charge in [-0.15, -0.1) is 0 Å². The van der Waals surface area contributed by atoms with Gasteiger partial charge in [0.25, 0.3) is 5.95 Å². The minimum absolute atomic E-state index is 0.372. The minimum atomic E-state index is 0.372. The van der Waals surface area contributed by atoms with E-state index < -0.39 is 0 Å². The molecule has 7 nitrogen and oxygen atoms in total. The number of anilines is 2. The van der Waals surface area contributed by atoms with Crippen molar-refractivity contribution in [1.82, 2.24) is 24.7 Å². The Morgan fingerprint density at radius 3 is 2.52 bits per heavy atom. The fourth-order valence-electron chi connectivity index (χ4n) is 2.42. The van der Waals surface area contributed by atoms with Crippen molar-refractivity contribution in [2.24, 2.45) is 5.41 Å². The summed E-state index contributed by atoms with van der Waals surface area (Å²) in [6.07, 6.45) is 7.37. The van der Waals surface area contributed by atoms with Gasteiger partial charge < -0.3 is 10.6 Å². The van der Waals surface area contributed by atoms with Crippen LogP contribution in [-0.2, 0) is 0 Å². The molecule has 0 radical (unpaired) electrons. The summed E-state index contributed by atoms with van der Waals surface area (Å²) in [6.45, 7) is 5.96. The summed E-state index contributed by atoms with van der Waals surface area (Å²) < 4.78 is 1.64. The van der Waals surface area contributed by atoms with Crippen LogP contribution in [0.2, 0.25) is 0 Å². The lowest BCUT2D eigenvalue weighted by atomic mass is 9.70. The summed E-state index contributed by atoms with van der Waals surface area (Å²) in [5.41, 5.74) is 0.372. The van der Waals surface area contributed by atoms with Crippen molar-refractivity contribution in [3.8, 4) is 5.95 Å². The van der Waals surface area contributed by atoms with Crippen LogP contribution in [0.25, 0.3) is 5.95 Å². The van der Waals surface area contributed by atoms with Crippen molar-refractivity contribution in [3.05, 3.63) is 18.5 Å². The highest BCUT2D eigenvalue weighted by Crippen LogP contribution is 2.39. The second kappa shape index (κ2) is 5.67. The molecule has 0 aliphatic heterocycles. The van der Waals surface area contributed by atoms with E-state index in [1.165, 1.54) is 19.3 Å². The first-order chi connectivity index (χ1) is 10.2. The van der Waals surface area contributed by atoms with E-state index in [4.69, 9.17) is 0 Å². The Hall–Kier alpha value is -2.18. The Kier molecular flexibility index (Phi) is 3.72. The Balaban J connectivity index is 1.81. The average Bonchev–Trinajstić information content (AvgIpc) is 2.97. The van der Waals surface area contributed by atoms with Gasteiger partial charge in [-0.3, -0.25) is 0 Å². The summed E-state index contributed by atoms with van der Waals surface area (Å²) in [4.78, 5) is 13.2. The van der Waals surface area contributed by atoms with Crippen LogP contribution in [0.15, 0.2) is 18.5 Å². The van der Waals surface area contributed by atoms with Crippen molar-refractivity contribution in [1.29, 1.82) is 0 Å². The maximum atomic E-state index is 4.45. The third kappa shape index (κ3) is 3.12. The molecule has 0 unspecified atom stereocenters. The van der Waals surface area contributed by atoms with Crippen LogP contribution >= 0.6 is 0 Å². The Labute approximate surface area is 124 Å². The molecule has 0 saturated heterocycles. The quantitative estimate of drug-likeness (QED) is 0.847. The Morgan fingerprint density at radius 2 is 1.95 bits per heavy atom. The van der Waals surface area contributed by atoms with Crippen LogP contribution in [0.4, 0.5) is 11.9 Å². The molecule has 21 heavy (non-hydrogen) atoms. The van der Waals surface area contributed by atoms with Crippen LogP contribution in [-0.4, -0.2) is 37.8 Å². The van der Waals surface area contributed by atoms with E-state index in [1.54, 1.807) is 10.9 Å². The maximum Gasteiger partial charge on any atom is 0.257 e. The van der Waals surface area contributed by atoms with E-state index in [9.17, 15) is 0 Å². The third-order valence-electron chi connectivity index (χ3n) is 3.90. The molecule has 0 atom stereocenters. The molecule has 2 aromatic heterocycles. The lowest BCUT2D eigenvalue weighted by molar-refractivity contribution is 0.179. The predicted octanol–water partition coefficient (Wildman–Crippen LogP) is 2.09. The number of nitrogens with one attached hydrogen (secondary N) is 2. The van der Waals surface area contributed by atoms with Gasteiger partial charge in [-0.1, -0.05) is 13.3 Å². The molecule has 0 amide bonds. The maximum absolute atomic E-state index is 4.45. The van der Waals surface area contributed by atoms with Gasteiger partial charge in [0.15, 0.2) is 0 Å². The fourth-order valence-corrected chi connectivity index (χ4v) is 2.42. The van der Waals surface area contributed by atoms with Crippen LogP contribution in [0, 0.1) is 5.41 Å². The number of aromatic nitrogens is 5. The van der Waals surface area contributed by atoms with Crippen LogP contribution < -0.4 is 10.6 Å². The number of hydrogen-bond acceptors (Lipinski definition) is 6. The normalized spacial score (nSPS) is 16.3. The molecular formula is C14H21N7. The molecule has 2 N–H and O–H groups in total. The molecule has 7 heteroatoms. The van der Waals surface area contributed by atoms with Crippen LogP contribution in [0.1, 0.15) is 33.1 Å². The van der Waals surface area contributed by atoms with E-state index in [0.29, 0.717) is 23.3 Å². The van der Waals surface area contributed by atoms with E-state index in [-0.39, 0.29) is 0 Å². The largest absolute Gasteiger partial charge is 0.354 e. The summed E-state index contributed by atoms with van der Waals surface area (Å²) in [5.74, 6) is 1.69. The van der Waals surface area contributed by atoms with Crippen molar-refractivity contribution < 1.29 is 0 Å². The second-order valence-electron chi connectivity index (χ2n) is 5.78. The number of nitrogens with zero attached hydrogens (tertiary/aromatic N) is 5. The van der Waals surface area contributed by atoms with Crippen molar-refractivity contribution in [2.45, 2.75) is 33.1 Å². The van der Waals surface area contributed by atoms with Crippen LogP contribution in [0.3, 0.4) is 0 Å². The first-order valence-electron chi connectivity index (χ1n) is 7.42. The van der Waals surface area contributed by atoms with Gasteiger partial charge in [0.1, 0.15) is 0 Å². The van der Waals surface area contributed by atoms with Crippen LogP contribution in [0.5, 0.6) is 0 Å². The highest BCUT2D eigenvalue weighted by molar-refractivity contribution is 5.37. The lowest BCUT2D eigenvalue weighted by Crippen LogP contribution is -2.33. The summed E-state index contributed by atoms with van der Waals surface area (Å²) in [5, 5.41) is 10.7. The zero-order chi connectivity index (χ0) is 14.7. The van der Waals surface area contributed by atoms with Gasteiger partial charge >= 0.3 is 0 Å². The molecule has 1 saturated carbocycles. The highest BCUT2D eigenvalue weighted by atomic mass is 15.4. The molecule has 2 aromatic rings. The molecule has 0 spiro atoms. The predicted molar refractivity (Wildman–Crippen MR) is 81.6 cm³/mol. The average molecular weight is 287 g/mol. The lowest BCUT2D eigenvalue weighted by Gasteiger charge is -2.38. The topological polar surface area (TPSA) is 80.5 Å². The van der Waals surface area contributed by atoms with Crippen molar-refractivity contribution in [3.63, 3.8) is 0 Å². The van der Waals surface area contributed by atoms with Crippen molar-refractivity contribution in [2.75, 3.05) is 23.7 Å². The smallest absolute Gasteiger partial charge is 0.257 e. The molecule has 1 fully saturated rings. The molecule has 2 heterocycles. The molecular weight excluding hydrogens is 266 g/mol. The van der Waals surface area contributed by atoms with Gasteiger partial charge in [0, 0.05) is 25.5 Å². The highest BCUT2D eigenvalue weighted by Gasteiger charge is 2.31.